The van der Waals surface area contributed by atoms with Crippen LogP contribution >= 0.6 is 0 Å². The zero-order valence-corrected chi connectivity index (χ0v) is 11.8. The Morgan fingerprint density at radius 1 is 1.27 bits per heavy atom. The van der Waals surface area contributed by atoms with Crippen molar-refractivity contribution in [2.24, 2.45) is 5.41 Å². The summed E-state index contributed by atoms with van der Waals surface area (Å²) in [7, 11) is 0. The number of nitrogens with zero attached hydrogens (tertiary/aromatic N) is 1. The Bertz CT molecular complexity index is 594. The van der Waals surface area contributed by atoms with E-state index in [1.165, 1.54) is 4.90 Å². The van der Waals surface area contributed by atoms with Gasteiger partial charge in [-0.05, 0) is 31.5 Å². The van der Waals surface area contributed by atoms with Crippen molar-refractivity contribution < 1.29 is 22.4 Å². The summed E-state index contributed by atoms with van der Waals surface area (Å²) in [6, 6.07) is 2.84. The first-order valence-corrected chi connectivity index (χ1v) is 7.18. The number of benzene rings is 1. The second-order valence-corrected chi connectivity index (χ2v) is 6.07. The Kier molecular flexibility index (Phi) is 3.63. The minimum absolute atomic E-state index is 0.00618. The number of likely N-dealkylation sites (tertiary alicyclic amines) is 1. The molecule has 1 spiro atoms. The summed E-state index contributed by atoms with van der Waals surface area (Å²) in [5, 5.41) is 3.23. The number of carbonyl (C=O) groups excluding carboxylic acids is 1. The summed E-state index contributed by atoms with van der Waals surface area (Å²) in [6.45, 7) is 2.59. The number of nitrogens with one attached hydrogen (secondary N) is 1. The molecule has 2 heterocycles. The predicted molar refractivity (Wildman–Crippen MR) is 71.8 cm³/mol. The zero-order chi connectivity index (χ0) is 16.0. The highest BCUT2D eigenvalue weighted by atomic mass is 19.4. The van der Waals surface area contributed by atoms with Gasteiger partial charge in [0.2, 0.25) is 0 Å². The average Bonchev–Trinajstić information content (AvgIpc) is 3.08. The molecule has 0 aromatic heterocycles. The Morgan fingerprint density at radius 2 is 2.05 bits per heavy atom. The Morgan fingerprint density at radius 3 is 2.68 bits per heavy atom. The standard InChI is InChI=1S/C15H16F4N2O/c16-12-10(2-1-3-11(12)15(17,18)19)13(22)21-7-5-14(9-21)4-6-20-8-14/h1-3,20H,4-9H2. The van der Waals surface area contributed by atoms with Crippen molar-refractivity contribution >= 4 is 5.91 Å². The number of carbonyl (C=O) groups is 1. The number of hydrogen-bond donors (Lipinski definition) is 1. The van der Waals surface area contributed by atoms with Gasteiger partial charge in [-0.2, -0.15) is 13.2 Å². The van der Waals surface area contributed by atoms with Gasteiger partial charge >= 0.3 is 6.18 Å². The first kappa shape index (κ1) is 15.3. The molecule has 0 aliphatic carbocycles. The molecule has 1 N–H and O–H groups in total. The predicted octanol–water partition coefficient (Wildman–Crippen LogP) is 2.67. The van der Waals surface area contributed by atoms with E-state index < -0.39 is 29.0 Å². The molecule has 1 aromatic rings. The second-order valence-electron chi connectivity index (χ2n) is 6.07. The van der Waals surface area contributed by atoms with E-state index in [9.17, 15) is 22.4 Å². The molecule has 2 aliphatic rings. The van der Waals surface area contributed by atoms with Crippen molar-refractivity contribution in [3.05, 3.63) is 35.1 Å². The minimum atomic E-state index is -4.80. The first-order valence-electron chi connectivity index (χ1n) is 7.18. The third-order valence-electron chi connectivity index (χ3n) is 4.59. The second kappa shape index (κ2) is 5.22. The summed E-state index contributed by atoms with van der Waals surface area (Å²) in [5.74, 6) is -2.14. The number of rotatable bonds is 1. The fourth-order valence-electron chi connectivity index (χ4n) is 3.34. The van der Waals surface area contributed by atoms with Gasteiger partial charge < -0.3 is 10.2 Å². The molecule has 22 heavy (non-hydrogen) atoms. The fraction of sp³-hybridized carbons (Fsp3) is 0.533. The average molecular weight is 316 g/mol. The molecule has 2 fully saturated rings. The van der Waals surface area contributed by atoms with Crippen LogP contribution in [0.15, 0.2) is 18.2 Å². The molecule has 2 saturated heterocycles. The van der Waals surface area contributed by atoms with Gasteiger partial charge in [-0.15, -0.1) is 0 Å². The maximum absolute atomic E-state index is 14.1. The van der Waals surface area contributed by atoms with E-state index in [-0.39, 0.29) is 5.41 Å². The number of alkyl halides is 3. The van der Waals surface area contributed by atoms with Gasteiger partial charge in [-0.3, -0.25) is 4.79 Å². The van der Waals surface area contributed by atoms with Gasteiger partial charge in [-0.1, -0.05) is 6.07 Å². The van der Waals surface area contributed by atoms with Crippen molar-refractivity contribution in [3.63, 3.8) is 0 Å². The SMILES string of the molecule is O=C(c1cccc(C(F)(F)F)c1F)N1CCC2(CCNC2)C1. The molecule has 3 nitrogen and oxygen atoms in total. The summed E-state index contributed by atoms with van der Waals surface area (Å²) >= 11 is 0. The van der Waals surface area contributed by atoms with Gasteiger partial charge in [0.1, 0.15) is 5.82 Å². The molecule has 120 valence electrons. The lowest BCUT2D eigenvalue weighted by Crippen LogP contribution is -2.34. The Hall–Kier alpha value is -1.63. The van der Waals surface area contributed by atoms with Crippen molar-refractivity contribution in [1.29, 1.82) is 0 Å². The third-order valence-corrected chi connectivity index (χ3v) is 4.59. The Balaban J connectivity index is 1.84. The smallest absolute Gasteiger partial charge is 0.338 e. The van der Waals surface area contributed by atoms with E-state index in [0.29, 0.717) is 19.2 Å². The zero-order valence-electron chi connectivity index (χ0n) is 11.8. The minimum Gasteiger partial charge on any atom is -0.338 e. The van der Waals surface area contributed by atoms with Gasteiger partial charge in [0.05, 0.1) is 11.1 Å². The highest BCUT2D eigenvalue weighted by Gasteiger charge is 2.43. The van der Waals surface area contributed by atoms with Crippen LogP contribution in [-0.2, 0) is 6.18 Å². The van der Waals surface area contributed by atoms with Gasteiger partial charge in [0, 0.05) is 25.0 Å². The molecule has 2 aliphatic heterocycles. The number of halogens is 4. The molecule has 1 amide bonds. The topological polar surface area (TPSA) is 32.3 Å². The normalized spacial score (nSPS) is 25.2. The van der Waals surface area contributed by atoms with E-state index in [4.69, 9.17) is 0 Å². The van der Waals surface area contributed by atoms with Crippen LogP contribution < -0.4 is 5.32 Å². The number of amides is 1. The molecule has 0 bridgehead atoms. The Labute approximate surface area is 125 Å². The van der Waals surface area contributed by atoms with Crippen molar-refractivity contribution in [3.8, 4) is 0 Å². The van der Waals surface area contributed by atoms with E-state index in [2.05, 4.69) is 5.32 Å². The lowest BCUT2D eigenvalue weighted by molar-refractivity contribution is -0.140. The summed E-state index contributed by atoms with van der Waals surface area (Å²) < 4.78 is 52.3. The van der Waals surface area contributed by atoms with E-state index in [1.807, 2.05) is 0 Å². The van der Waals surface area contributed by atoms with E-state index in [0.717, 1.165) is 38.1 Å². The van der Waals surface area contributed by atoms with Crippen LogP contribution in [0.25, 0.3) is 0 Å². The fourth-order valence-corrected chi connectivity index (χ4v) is 3.34. The number of hydrogen-bond acceptors (Lipinski definition) is 2. The van der Waals surface area contributed by atoms with Crippen LogP contribution in [-0.4, -0.2) is 37.0 Å². The van der Waals surface area contributed by atoms with E-state index in [1.54, 1.807) is 0 Å². The van der Waals surface area contributed by atoms with Crippen LogP contribution in [0.5, 0.6) is 0 Å². The maximum Gasteiger partial charge on any atom is 0.419 e. The first-order chi connectivity index (χ1) is 10.3. The van der Waals surface area contributed by atoms with Gasteiger partial charge in [0.15, 0.2) is 0 Å². The third kappa shape index (κ3) is 2.58. The molecule has 1 aromatic carbocycles. The highest BCUT2D eigenvalue weighted by Crippen LogP contribution is 2.37. The van der Waals surface area contributed by atoms with Crippen LogP contribution in [0, 0.1) is 11.2 Å². The van der Waals surface area contributed by atoms with Crippen molar-refractivity contribution in [2.45, 2.75) is 19.0 Å². The molecule has 3 rings (SSSR count). The summed E-state index contributed by atoms with van der Waals surface area (Å²) in [6.07, 6.45) is -3.07. The molecule has 0 radical (unpaired) electrons. The van der Waals surface area contributed by atoms with Crippen LogP contribution in [0.1, 0.15) is 28.8 Å². The van der Waals surface area contributed by atoms with Gasteiger partial charge in [0.25, 0.3) is 5.91 Å². The largest absolute Gasteiger partial charge is 0.419 e. The van der Waals surface area contributed by atoms with Crippen LogP contribution in [0.2, 0.25) is 0 Å². The maximum atomic E-state index is 14.1. The highest BCUT2D eigenvalue weighted by molar-refractivity contribution is 5.95. The monoisotopic (exact) mass is 316 g/mol. The molecule has 1 unspecified atom stereocenters. The van der Waals surface area contributed by atoms with Crippen molar-refractivity contribution in [2.75, 3.05) is 26.2 Å². The molecule has 0 saturated carbocycles. The molecular weight excluding hydrogens is 300 g/mol. The molecule has 1 atom stereocenters. The molecular formula is C15H16F4N2O. The quantitative estimate of drug-likeness (QED) is 0.808. The lowest BCUT2D eigenvalue weighted by atomic mass is 9.86. The van der Waals surface area contributed by atoms with Crippen LogP contribution in [0.4, 0.5) is 17.6 Å². The van der Waals surface area contributed by atoms with Gasteiger partial charge in [-0.25, -0.2) is 4.39 Å². The van der Waals surface area contributed by atoms with Crippen LogP contribution in [0.3, 0.4) is 0 Å². The van der Waals surface area contributed by atoms with Crippen molar-refractivity contribution in [1.82, 2.24) is 10.2 Å². The van der Waals surface area contributed by atoms with E-state index >= 15 is 0 Å². The summed E-state index contributed by atoms with van der Waals surface area (Å²) in [5.41, 5.74) is -1.90. The molecule has 7 heteroatoms. The summed E-state index contributed by atoms with van der Waals surface area (Å²) in [4.78, 5) is 13.8. The lowest BCUT2D eigenvalue weighted by Gasteiger charge is -2.23.